The van der Waals surface area contributed by atoms with Crippen LogP contribution in [0, 0.1) is 0 Å². The molecule has 20 heavy (non-hydrogen) atoms. The summed E-state index contributed by atoms with van der Waals surface area (Å²) < 4.78 is 16.9. The van der Waals surface area contributed by atoms with Crippen molar-refractivity contribution >= 4 is 17.8 Å². The highest BCUT2D eigenvalue weighted by Crippen LogP contribution is 2.38. The van der Waals surface area contributed by atoms with Crippen molar-refractivity contribution in [2.45, 2.75) is 25.0 Å². The third kappa shape index (κ3) is 2.30. The zero-order valence-electron chi connectivity index (χ0n) is 11.8. The number of likely N-dealkylation sites (N-methyl/N-ethyl adjacent to an activating group) is 1. The van der Waals surface area contributed by atoms with Crippen molar-refractivity contribution in [2.24, 2.45) is 0 Å². The standard InChI is InChI=1S/C15H19NO3S/c1-16-5-6-18-15-8-11-10(7-12(15)16)13(17-2)3-4-14(11)19-9-20/h3-4,9,12,15H,5-8H2,1-2H3/t12-,15-/m1/s1. The molecule has 1 aliphatic heterocycles. The second-order valence-electron chi connectivity index (χ2n) is 5.30. The quantitative estimate of drug-likeness (QED) is 0.794. The molecule has 0 N–H and O–H groups in total. The monoisotopic (exact) mass is 293 g/mol. The van der Waals surface area contributed by atoms with E-state index in [9.17, 15) is 0 Å². The molecule has 1 fully saturated rings. The van der Waals surface area contributed by atoms with E-state index in [-0.39, 0.29) is 6.10 Å². The molecule has 0 saturated carbocycles. The molecule has 0 bridgehead atoms. The van der Waals surface area contributed by atoms with E-state index in [1.165, 1.54) is 16.7 Å². The highest BCUT2D eigenvalue weighted by atomic mass is 32.1. The van der Waals surface area contributed by atoms with Gasteiger partial charge >= 0.3 is 0 Å². The predicted molar refractivity (Wildman–Crippen MR) is 80.8 cm³/mol. The summed E-state index contributed by atoms with van der Waals surface area (Å²) >= 11 is 4.82. The maximum atomic E-state index is 5.94. The van der Waals surface area contributed by atoms with Crippen LogP contribution in [0.15, 0.2) is 12.1 Å². The van der Waals surface area contributed by atoms with Gasteiger partial charge in [0.05, 0.1) is 19.8 Å². The van der Waals surface area contributed by atoms with Gasteiger partial charge in [-0.2, -0.15) is 0 Å². The first kappa shape index (κ1) is 13.8. The second-order valence-corrected chi connectivity index (χ2v) is 5.50. The fourth-order valence-corrected chi connectivity index (χ4v) is 3.36. The van der Waals surface area contributed by atoms with Crippen molar-refractivity contribution in [1.82, 2.24) is 4.90 Å². The van der Waals surface area contributed by atoms with Crippen molar-refractivity contribution < 1.29 is 14.2 Å². The molecule has 1 aromatic rings. The van der Waals surface area contributed by atoms with Crippen molar-refractivity contribution in [2.75, 3.05) is 27.3 Å². The Bertz CT molecular complexity index is 520. The number of methoxy groups -OCH3 is 1. The maximum Gasteiger partial charge on any atom is 0.154 e. The third-order valence-electron chi connectivity index (χ3n) is 4.33. The molecular formula is C15H19NO3S. The Balaban J connectivity index is 2.02. The SMILES string of the molecule is COc1ccc(OC=S)c2c1C[C@@H]1[C@@H](C2)OCCN1C. The Morgan fingerprint density at radius 1 is 1.30 bits per heavy atom. The van der Waals surface area contributed by atoms with Gasteiger partial charge in [0.1, 0.15) is 11.5 Å². The lowest BCUT2D eigenvalue weighted by molar-refractivity contribution is -0.0647. The van der Waals surface area contributed by atoms with E-state index in [0.29, 0.717) is 6.04 Å². The predicted octanol–water partition coefficient (Wildman–Crippen LogP) is 1.83. The number of hydrogen-bond acceptors (Lipinski definition) is 5. The third-order valence-corrected chi connectivity index (χ3v) is 4.43. The number of fused-ring (bicyclic) bond motifs is 2. The van der Waals surface area contributed by atoms with E-state index >= 15 is 0 Å². The summed E-state index contributed by atoms with van der Waals surface area (Å²) in [5.74, 6) is 1.75. The lowest BCUT2D eigenvalue weighted by atomic mass is 9.83. The van der Waals surface area contributed by atoms with Crippen LogP contribution in [0.1, 0.15) is 11.1 Å². The molecule has 0 radical (unpaired) electrons. The summed E-state index contributed by atoms with van der Waals surface area (Å²) in [7, 11) is 3.87. The van der Waals surface area contributed by atoms with Crippen LogP contribution in [0.5, 0.6) is 11.5 Å². The first-order valence-electron chi connectivity index (χ1n) is 6.85. The smallest absolute Gasteiger partial charge is 0.154 e. The molecule has 0 unspecified atom stereocenters. The summed E-state index contributed by atoms with van der Waals surface area (Å²) in [5, 5.41) is 0. The maximum absolute atomic E-state index is 5.94. The molecule has 1 aromatic carbocycles. The lowest BCUT2D eigenvalue weighted by Gasteiger charge is -2.43. The first-order valence-corrected chi connectivity index (χ1v) is 7.32. The Morgan fingerprint density at radius 2 is 2.05 bits per heavy atom. The highest BCUT2D eigenvalue weighted by Gasteiger charge is 2.37. The molecule has 0 amide bonds. The molecule has 1 saturated heterocycles. The summed E-state index contributed by atoms with van der Waals surface area (Å²) in [6.07, 6.45) is 2.00. The highest BCUT2D eigenvalue weighted by molar-refractivity contribution is 7.78. The van der Waals surface area contributed by atoms with Crippen LogP contribution >= 0.6 is 12.2 Å². The summed E-state index contributed by atoms with van der Waals surface area (Å²) in [6, 6.07) is 4.29. The van der Waals surface area contributed by atoms with E-state index in [4.69, 9.17) is 26.4 Å². The number of benzene rings is 1. The van der Waals surface area contributed by atoms with Crippen molar-refractivity contribution in [3.8, 4) is 11.5 Å². The number of hydrogen-bond donors (Lipinski definition) is 0. The van der Waals surface area contributed by atoms with E-state index in [0.717, 1.165) is 37.5 Å². The van der Waals surface area contributed by atoms with Gasteiger partial charge in [0, 0.05) is 30.1 Å². The van der Waals surface area contributed by atoms with Crippen LogP contribution in [-0.4, -0.2) is 49.9 Å². The summed E-state index contributed by atoms with van der Waals surface area (Å²) in [4.78, 5) is 2.38. The normalized spacial score (nSPS) is 25.5. The Hall–Kier alpha value is -1.17. The van der Waals surface area contributed by atoms with Crippen LogP contribution in [0.25, 0.3) is 0 Å². The van der Waals surface area contributed by atoms with Crippen LogP contribution in [0.4, 0.5) is 0 Å². The van der Waals surface area contributed by atoms with Gasteiger partial charge in [0.15, 0.2) is 5.55 Å². The number of thiocarbonyl (C=S) groups is 1. The van der Waals surface area contributed by atoms with Gasteiger partial charge in [-0.3, -0.25) is 4.90 Å². The van der Waals surface area contributed by atoms with Gasteiger partial charge in [0.2, 0.25) is 0 Å². The largest absolute Gasteiger partial charge is 0.496 e. The second kappa shape index (κ2) is 5.68. The van der Waals surface area contributed by atoms with E-state index in [2.05, 4.69) is 11.9 Å². The van der Waals surface area contributed by atoms with Gasteiger partial charge < -0.3 is 14.2 Å². The van der Waals surface area contributed by atoms with Crippen LogP contribution < -0.4 is 9.47 Å². The Labute approximate surface area is 124 Å². The van der Waals surface area contributed by atoms with Gasteiger partial charge in [-0.1, -0.05) is 0 Å². The van der Waals surface area contributed by atoms with Gasteiger partial charge in [0.25, 0.3) is 0 Å². The fourth-order valence-electron chi connectivity index (χ4n) is 3.25. The number of rotatable bonds is 3. The minimum Gasteiger partial charge on any atom is -0.496 e. The van der Waals surface area contributed by atoms with Crippen molar-refractivity contribution in [3.63, 3.8) is 0 Å². The zero-order valence-corrected chi connectivity index (χ0v) is 12.6. The molecule has 0 aromatic heterocycles. The minimum absolute atomic E-state index is 0.223. The van der Waals surface area contributed by atoms with Gasteiger partial charge in [-0.15, -0.1) is 0 Å². The molecule has 108 valence electrons. The lowest BCUT2D eigenvalue weighted by Crippen LogP contribution is -2.53. The summed E-state index contributed by atoms with van der Waals surface area (Å²) in [5.41, 5.74) is 3.70. The number of nitrogens with zero attached hydrogens (tertiary/aromatic N) is 1. The van der Waals surface area contributed by atoms with Gasteiger partial charge in [-0.05, 0) is 37.8 Å². The average molecular weight is 293 g/mol. The number of ether oxygens (including phenoxy) is 3. The fraction of sp³-hybridized carbons (Fsp3) is 0.533. The van der Waals surface area contributed by atoms with E-state index < -0.39 is 0 Å². The molecule has 1 heterocycles. The van der Waals surface area contributed by atoms with Crippen molar-refractivity contribution in [3.05, 3.63) is 23.3 Å². The molecule has 4 nitrogen and oxygen atoms in total. The average Bonchev–Trinajstić information content (AvgIpc) is 2.47. The molecule has 2 aliphatic rings. The molecule has 3 rings (SSSR count). The zero-order chi connectivity index (χ0) is 14.1. The first-order chi connectivity index (χ1) is 9.74. The van der Waals surface area contributed by atoms with Crippen LogP contribution in [-0.2, 0) is 17.6 Å². The molecule has 0 spiro atoms. The van der Waals surface area contributed by atoms with Crippen LogP contribution in [0.2, 0.25) is 0 Å². The van der Waals surface area contributed by atoms with E-state index in [1.54, 1.807) is 7.11 Å². The molecule has 5 heteroatoms. The topological polar surface area (TPSA) is 30.9 Å². The minimum atomic E-state index is 0.223. The van der Waals surface area contributed by atoms with Crippen LogP contribution in [0.3, 0.4) is 0 Å². The molecule has 1 aliphatic carbocycles. The van der Waals surface area contributed by atoms with Crippen molar-refractivity contribution in [1.29, 1.82) is 0 Å². The Kier molecular flexibility index (Phi) is 3.92. The van der Waals surface area contributed by atoms with Gasteiger partial charge in [-0.25, -0.2) is 0 Å². The molecule has 2 atom stereocenters. The molecular weight excluding hydrogens is 274 g/mol. The Morgan fingerprint density at radius 3 is 2.80 bits per heavy atom. The summed E-state index contributed by atoms with van der Waals surface area (Å²) in [6.45, 7) is 1.77. The number of morpholine rings is 1. The van der Waals surface area contributed by atoms with E-state index in [1.807, 2.05) is 12.1 Å².